The number of sulfone groups is 1. The minimum Gasteiger partial charge on any atom is -0.333 e. The number of aryl methyl sites for hydroxylation is 2. The number of nitrogens with zero attached hydrogens (tertiary/aromatic N) is 6. The summed E-state index contributed by atoms with van der Waals surface area (Å²) in [5.74, 6) is -0.357. The van der Waals surface area contributed by atoms with Crippen LogP contribution in [0.4, 0.5) is 32.1 Å². The molecule has 4 aromatic rings. The Morgan fingerprint density at radius 2 is 1.86 bits per heavy atom. The first-order valence-corrected chi connectivity index (χ1v) is 13.0. The molecule has 10 nitrogen and oxygen atoms in total. The maximum Gasteiger partial charge on any atom is 0.232 e. The van der Waals surface area contributed by atoms with Crippen molar-refractivity contribution in [2.75, 3.05) is 23.5 Å². The van der Waals surface area contributed by atoms with E-state index in [1.807, 2.05) is 24.6 Å². The van der Waals surface area contributed by atoms with Gasteiger partial charge in [0.05, 0.1) is 4.90 Å². The summed E-state index contributed by atoms with van der Waals surface area (Å²) in [4.78, 5) is 14.5. The van der Waals surface area contributed by atoms with Gasteiger partial charge in [-0.2, -0.15) is 10.1 Å². The van der Waals surface area contributed by atoms with Crippen LogP contribution in [0.3, 0.4) is 0 Å². The molecule has 1 aliphatic carbocycles. The van der Waals surface area contributed by atoms with E-state index in [-0.39, 0.29) is 11.9 Å². The van der Waals surface area contributed by atoms with E-state index >= 15 is 8.78 Å². The van der Waals surface area contributed by atoms with Crippen molar-refractivity contribution in [2.45, 2.75) is 30.6 Å². The molecule has 0 amide bonds. The van der Waals surface area contributed by atoms with Crippen LogP contribution in [0.2, 0.25) is 0 Å². The second-order valence-corrected chi connectivity index (χ2v) is 10.9. The van der Waals surface area contributed by atoms with Crippen LogP contribution in [0.5, 0.6) is 0 Å². The summed E-state index contributed by atoms with van der Waals surface area (Å²) in [6.45, 7) is 1.87. The van der Waals surface area contributed by atoms with Gasteiger partial charge in [-0.25, -0.2) is 27.2 Å². The van der Waals surface area contributed by atoms with Gasteiger partial charge in [-0.3, -0.25) is 5.10 Å². The molecule has 2 N–H and O–H groups in total. The van der Waals surface area contributed by atoms with Crippen molar-refractivity contribution in [3.05, 3.63) is 53.5 Å². The first kappa shape index (κ1) is 23.9. The molecule has 1 aromatic carbocycles. The standard InChI is InChI=1S/C23H24F2N8O2S/c1-12-9-17(31-30-12)27-21-18(13-5-6-13)19(22-26-7-8-32(22)2)28-23(29-21)33(3)20-15(24)10-14(11-16(20)25)36(4,34)35/h7-11,13H,5-6H2,1-4H3,(H2,27,28,29,30,31). The van der Waals surface area contributed by atoms with Gasteiger partial charge in [-0.1, -0.05) is 0 Å². The van der Waals surface area contributed by atoms with E-state index in [4.69, 9.17) is 0 Å². The average molecular weight is 515 g/mol. The molecule has 0 aliphatic heterocycles. The quantitative estimate of drug-likeness (QED) is 0.380. The Hall–Kier alpha value is -3.87. The fraction of sp³-hybridized carbons (Fsp3) is 0.304. The SMILES string of the molecule is Cc1cc(Nc2nc(N(C)c3c(F)cc(S(C)(=O)=O)cc3F)nc(-c3nccn3C)c2C2CC2)n[nH]1. The minimum absolute atomic E-state index is 0.00272. The Morgan fingerprint density at radius 1 is 1.17 bits per heavy atom. The van der Waals surface area contributed by atoms with E-state index in [1.165, 1.54) is 7.05 Å². The third kappa shape index (κ3) is 4.41. The topological polar surface area (TPSA) is 122 Å². The second-order valence-electron chi connectivity index (χ2n) is 8.90. The highest BCUT2D eigenvalue weighted by Crippen LogP contribution is 2.48. The number of aromatic nitrogens is 6. The predicted molar refractivity (Wildman–Crippen MR) is 130 cm³/mol. The first-order chi connectivity index (χ1) is 17.0. The van der Waals surface area contributed by atoms with E-state index in [9.17, 15) is 8.42 Å². The van der Waals surface area contributed by atoms with Crippen molar-refractivity contribution >= 4 is 33.1 Å². The van der Waals surface area contributed by atoms with Crippen LogP contribution in [0.15, 0.2) is 35.5 Å². The summed E-state index contributed by atoms with van der Waals surface area (Å²) in [5, 5.41) is 10.3. The van der Waals surface area contributed by atoms with Crippen molar-refractivity contribution in [1.29, 1.82) is 0 Å². The Bertz CT molecular complexity index is 1550. The molecule has 13 heteroatoms. The molecule has 0 atom stereocenters. The normalized spacial score (nSPS) is 13.7. The zero-order valence-corrected chi connectivity index (χ0v) is 20.9. The summed E-state index contributed by atoms with van der Waals surface area (Å²) in [6.07, 6.45) is 6.20. The largest absolute Gasteiger partial charge is 0.333 e. The first-order valence-electron chi connectivity index (χ1n) is 11.1. The summed E-state index contributed by atoms with van der Waals surface area (Å²) < 4.78 is 55.5. The van der Waals surface area contributed by atoms with Gasteiger partial charge in [0.2, 0.25) is 5.95 Å². The molecular formula is C23H24F2N8O2S. The average Bonchev–Trinajstić information content (AvgIpc) is 3.42. The van der Waals surface area contributed by atoms with E-state index in [1.54, 1.807) is 12.4 Å². The number of hydrogen-bond acceptors (Lipinski definition) is 8. The van der Waals surface area contributed by atoms with Gasteiger partial charge in [-0.15, -0.1) is 0 Å². The molecule has 5 rings (SSSR count). The Kier molecular flexibility index (Phi) is 5.74. The lowest BCUT2D eigenvalue weighted by Gasteiger charge is -2.22. The molecule has 0 saturated heterocycles. The van der Waals surface area contributed by atoms with Crippen LogP contribution in [0.25, 0.3) is 11.5 Å². The lowest BCUT2D eigenvalue weighted by molar-refractivity contribution is 0.569. The van der Waals surface area contributed by atoms with Gasteiger partial charge >= 0.3 is 0 Å². The maximum absolute atomic E-state index is 15.0. The molecule has 0 unspecified atom stereocenters. The highest BCUT2D eigenvalue weighted by atomic mass is 32.2. The van der Waals surface area contributed by atoms with Gasteiger partial charge in [0, 0.05) is 50.1 Å². The zero-order chi connectivity index (χ0) is 25.8. The Balaban J connectivity index is 1.69. The molecule has 1 fully saturated rings. The molecule has 36 heavy (non-hydrogen) atoms. The molecule has 0 spiro atoms. The van der Waals surface area contributed by atoms with Crippen LogP contribution in [0, 0.1) is 18.6 Å². The van der Waals surface area contributed by atoms with Crippen molar-refractivity contribution in [3.8, 4) is 11.5 Å². The maximum atomic E-state index is 15.0. The van der Waals surface area contributed by atoms with Crippen molar-refractivity contribution in [1.82, 2.24) is 29.7 Å². The van der Waals surface area contributed by atoms with Crippen LogP contribution in [0.1, 0.15) is 30.0 Å². The summed E-state index contributed by atoms with van der Waals surface area (Å²) in [5.41, 5.74) is 1.74. The smallest absolute Gasteiger partial charge is 0.232 e. The van der Waals surface area contributed by atoms with Crippen LogP contribution < -0.4 is 10.2 Å². The Labute approximate surface area is 206 Å². The lowest BCUT2D eigenvalue weighted by Crippen LogP contribution is -2.19. The number of aromatic amines is 1. The molecule has 3 heterocycles. The fourth-order valence-corrected chi connectivity index (χ4v) is 4.64. The van der Waals surface area contributed by atoms with Gasteiger partial charge in [0.15, 0.2) is 33.1 Å². The molecule has 0 bridgehead atoms. The van der Waals surface area contributed by atoms with Crippen LogP contribution in [-0.2, 0) is 16.9 Å². The zero-order valence-electron chi connectivity index (χ0n) is 20.0. The Morgan fingerprint density at radius 3 is 2.39 bits per heavy atom. The monoisotopic (exact) mass is 514 g/mol. The highest BCUT2D eigenvalue weighted by molar-refractivity contribution is 7.90. The molecular weight excluding hydrogens is 490 g/mol. The lowest BCUT2D eigenvalue weighted by atomic mass is 10.1. The highest BCUT2D eigenvalue weighted by Gasteiger charge is 2.34. The second kappa shape index (κ2) is 8.66. The van der Waals surface area contributed by atoms with Gasteiger partial charge < -0.3 is 14.8 Å². The molecule has 3 aromatic heterocycles. The molecule has 0 radical (unpaired) electrons. The summed E-state index contributed by atoms with van der Waals surface area (Å²) in [6, 6.07) is 3.38. The van der Waals surface area contributed by atoms with E-state index in [0.29, 0.717) is 23.2 Å². The molecule has 1 saturated carbocycles. The van der Waals surface area contributed by atoms with E-state index in [0.717, 1.165) is 47.4 Å². The van der Waals surface area contributed by atoms with Crippen molar-refractivity contribution in [2.24, 2.45) is 7.05 Å². The number of hydrogen-bond donors (Lipinski definition) is 2. The van der Waals surface area contributed by atoms with E-state index in [2.05, 4.69) is 30.5 Å². The third-order valence-electron chi connectivity index (χ3n) is 5.96. The van der Waals surface area contributed by atoms with Gasteiger partial charge in [0.25, 0.3) is 0 Å². The fourth-order valence-electron chi connectivity index (χ4n) is 4.01. The molecule has 188 valence electrons. The number of imidazole rings is 1. The summed E-state index contributed by atoms with van der Waals surface area (Å²) in [7, 11) is -0.558. The number of nitrogens with one attached hydrogen (secondary N) is 2. The van der Waals surface area contributed by atoms with E-state index < -0.39 is 32.1 Å². The number of benzene rings is 1. The number of halogens is 2. The summed E-state index contributed by atoms with van der Waals surface area (Å²) >= 11 is 0. The van der Waals surface area contributed by atoms with Crippen molar-refractivity contribution in [3.63, 3.8) is 0 Å². The van der Waals surface area contributed by atoms with Crippen molar-refractivity contribution < 1.29 is 17.2 Å². The predicted octanol–water partition coefficient (Wildman–Crippen LogP) is 3.98. The number of rotatable bonds is 7. The third-order valence-corrected chi connectivity index (χ3v) is 7.05. The van der Waals surface area contributed by atoms with Crippen LogP contribution >= 0.6 is 0 Å². The van der Waals surface area contributed by atoms with Gasteiger partial charge in [0.1, 0.15) is 17.2 Å². The van der Waals surface area contributed by atoms with Gasteiger partial charge in [-0.05, 0) is 37.8 Å². The number of anilines is 4. The molecule has 1 aliphatic rings. The van der Waals surface area contributed by atoms with Crippen LogP contribution in [-0.4, -0.2) is 51.4 Å². The number of H-pyrrole nitrogens is 1. The minimum atomic E-state index is -3.80.